The Morgan fingerprint density at radius 3 is 2.78 bits per heavy atom. The molecule has 2 nitrogen and oxygen atoms in total. The number of hydrogen-bond donors (Lipinski definition) is 1. The molecule has 0 saturated carbocycles. The van der Waals surface area contributed by atoms with Gasteiger partial charge in [-0.3, -0.25) is 0 Å². The van der Waals surface area contributed by atoms with Crippen molar-refractivity contribution in [3.8, 4) is 0 Å². The first-order chi connectivity index (χ1) is 4.20. The molecule has 1 rings (SSSR count). The zero-order valence-electron chi connectivity index (χ0n) is 4.44. The number of anilines is 1. The quantitative estimate of drug-likeness (QED) is 0.602. The Morgan fingerprint density at radius 1 is 1.67 bits per heavy atom. The lowest BCUT2D eigenvalue weighted by molar-refractivity contribution is 0.627. The summed E-state index contributed by atoms with van der Waals surface area (Å²) < 4.78 is 12.3. The van der Waals surface area contributed by atoms with Crippen LogP contribution in [0.5, 0.6) is 0 Å². The van der Waals surface area contributed by atoms with Gasteiger partial charge in [0, 0.05) is 6.20 Å². The minimum Gasteiger partial charge on any atom is -0.381 e. The maximum absolute atomic E-state index is 12.3. The molecule has 0 aliphatic rings. The van der Waals surface area contributed by atoms with Gasteiger partial charge in [0.05, 0.1) is 5.02 Å². The van der Waals surface area contributed by atoms with E-state index < -0.39 is 5.82 Å². The molecule has 0 saturated heterocycles. The monoisotopic (exact) mass is 146 g/mol. The molecule has 0 bridgehead atoms. The Hall–Kier alpha value is -0.830. The van der Waals surface area contributed by atoms with Crippen molar-refractivity contribution in [2.45, 2.75) is 0 Å². The molecular formula is C5H4ClFN2. The number of nitrogens with two attached hydrogens (primary N) is 1. The number of nitrogens with zero attached hydrogens (tertiary/aromatic N) is 1. The van der Waals surface area contributed by atoms with E-state index >= 15 is 0 Å². The molecule has 48 valence electrons. The molecule has 0 aliphatic carbocycles. The summed E-state index contributed by atoms with van der Waals surface area (Å²) in [4.78, 5) is 3.45. The van der Waals surface area contributed by atoms with Crippen LogP contribution in [0.4, 0.5) is 10.2 Å². The fourth-order valence-electron chi connectivity index (χ4n) is 0.425. The predicted molar refractivity (Wildman–Crippen MR) is 33.6 cm³/mol. The second-order valence-corrected chi connectivity index (χ2v) is 1.96. The van der Waals surface area contributed by atoms with Gasteiger partial charge in [-0.15, -0.1) is 0 Å². The molecule has 1 heterocycles. The van der Waals surface area contributed by atoms with E-state index in [9.17, 15) is 4.39 Å². The van der Waals surface area contributed by atoms with Gasteiger partial charge in [-0.05, 0) is 6.07 Å². The summed E-state index contributed by atoms with van der Waals surface area (Å²) >= 11 is 5.36. The molecular weight excluding hydrogens is 143 g/mol. The zero-order valence-corrected chi connectivity index (χ0v) is 5.19. The highest BCUT2D eigenvalue weighted by Crippen LogP contribution is 2.11. The van der Waals surface area contributed by atoms with Crippen molar-refractivity contribution in [1.29, 1.82) is 0 Å². The van der Waals surface area contributed by atoms with Crippen molar-refractivity contribution in [2.24, 2.45) is 0 Å². The van der Waals surface area contributed by atoms with Crippen LogP contribution in [0.1, 0.15) is 0 Å². The largest absolute Gasteiger partial charge is 0.381 e. The Morgan fingerprint density at radius 2 is 2.33 bits per heavy atom. The third-order valence-corrected chi connectivity index (χ3v) is 1.04. The topological polar surface area (TPSA) is 38.9 Å². The number of aromatic nitrogens is 1. The molecule has 0 fully saturated rings. The van der Waals surface area contributed by atoms with Crippen molar-refractivity contribution >= 4 is 17.4 Å². The van der Waals surface area contributed by atoms with Crippen molar-refractivity contribution in [3.05, 3.63) is 23.1 Å². The van der Waals surface area contributed by atoms with Gasteiger partial charge in [-0.1, -0.05) is 11.6 Å². The van der Waals surface area contributed by atoms with Gasteiger partial charge in [0.1, 0.15) is 0 Å². The van der Waals surface area contributed by atoms with Crippen LogP contribution >= 0.6 is 11.6 Å². The second-order valence-electron chi connectivity index (χ2n) is 1.52. The molecule has 0 atom stereocenters. The van der Waals surface area contributed by atoms with E-state index in [4.69, 9.17) is 17.3 Å². The molecule has 1 aromatic heterocycles. The maximum Gasteiger partial charge on any atom is 0.166 e. The van der Waals surface area contributed by atoms with Crippen LogP contribution in [0.25, 0.3) is 0 Å². The van der Waals surface area contributed by atoms with Crippen LogP contribution in [0.3, 0.4) is 0 Å². The molecule has 0 unspecified atom stereocenters. The Balaban J connectivity index is 3.17. The lowest BCUT2D eigenvalue weighted by atomic mass is 10.4. The number of nitrogen functional groups attached to an aromatic ring is 1. The summed E-state index contributed by atoms with van der Waals surface area (Å²) in [6, 6.07) is 1.11. The van der Waals surface area contributed by atoms with E-state index in [0.29, 0.717) is 0 Å². The molecule has 2 N–H and O–H groups in total. The molecule has 0 spiro atoms. The van der Waals surface area contributed by atoms with E-state index in [-0.39, 0.29) is 10.8 Å². The molecule has 4 heteroatoms. The van der Waals surface area contributed by atoms with Gasteiger partial charge in [0.2, 0.25) is 0 Å². The zero-order chi connectivity index (χ0) is 6.85. The first kappa shape index (κ1) is 6.29. The lowest BCUT2D eigenvalue weighted by Crippen LogP contribution is -1.92. The summed E-state index contributed by atoms with van der Waals surface area (Å²) in [5.74, 6) is -0.707. The molecule has 0 amide bonds. The van der Waals surface area contributed by atoms with E-state index in [1.807, 2.05) is 0 Å². The summed E-state index contributed by atoms with van der Waals surface area (Å²) in [6.07, 6.45) is 1.29. The van der Waals surface area contributed by atoms with Crippen LogP contribution in [-0.4, -0.2) is 4.98 Å². The maximum atomic E-state index is 12.3. The van der Waals surface area contributed by atoms with Gasteiger partial charge < -0.3 is 5.73 Å². The Kier molecular flexibility index (Phi) is 1.53. The van der Waals surface area contributed by atoms with E-state index in [0.717, 1.165) is 6.07 Å². The van der Waals surface area contributed by atoms with Crippen molar-refractivity contribution in [1.82, 2.24) is 4.98 Å². The normalized spacial score (nSPS) is 9.56. The highest BCUT2D eigenvalue weighted by atomic mass is 35.5. The van der Waals surface area contributed by atoms with E-state index in [1.165, 1.54) is 6.20 Å². The molecule has 1 aromatic rings. The van der Waals surface area contributed by atoms with Crippen molar-refractivity contribution in [2.75, 3.05) is 5.73 Å². The third kappa shape index (κ3) is 1.29. The number of hydrogen-bond acceptors (Lipinski definition) is 2. The average molecular weight is 147 g/mol. The fourth-order valence-corrected chi connectivity index (χ4v) is 0.570. The molecule has 0 aromatic carbocycles. The summed E-state index contributed by atoms with van der Waals surface area (Å²) in [5.41, 5.74) is 5.04. The highest BCUT2D eigenvalue weighted by Gasteiger charge is 1.97. The standard InChI is InChI=1S/C5H4ClFN2/c6-3-1-4(7)5(8)9-2-3/h1-2H,(H2,8,9). The predicted octanol–water partition coefficient (Wildman–Crippen LogP) is 1.46. The first-order valence-corrected chi connectivity index (χ1v) is 2.64. The van der Waals surface area contributed by atoms with Gasteiger partial charge in [0.25, 0.3) is 0 Å². The molecule has 0 radical (unpaired) electrons. The van der Waals surface area contributed by atoms with Gasteiger partial charge >= 0.3 is 0 Å². The molecule has 9 heavy (non-hydrogen) atoms. The fraction of sp³-hybridized carbons (Fsp3) is 0. The van der Waals surface area contributed by atoms with Crippen LogP contribution in [0.2, 0.25) is 5.02 Å². The average Bonchev–Trinajstić information content (AvgIpc) is 1.80. The third-order valence-electron chi connectivity index (χ3n) is 0.836. The van der Waals surface area contributed by atoms with Crippen LogP contribution in [0, 0.1) is 5.82 Å². The lowest BCUT2D eigenvalue weighted by Gasteiger charge is -1.92. The van der Waals surface area contributed by atoms with Crippen LogP contribution < -0.4 is 5.73 Å². The van der Waals surface area contributed by atoms with Crippen LogP contribution in [0.15, 0.2) is 12.3 Å². The van der Waals surface area contributed by atoms with Crippen molar-refractivity contribution in [3.63, 3.8) is 0 Å². The smallest absolute Gasteiger partial charge is 0.166 e. The van der Waals surface area contributed by atoms with E-state index in [2.05, 4.69) is 4.98 Å². The summed E-state index contributed by atoms with van der Waals surface area (Å²) in [5, 5.41) is 0.252. The van der Waals surface area contributed by atoms with Gasteiger partial charge in [-0.2, -0.15) is 0 Å². The van der Waals surface area contributed by atoms with E-state index in [1.54, 1.807) is 0 Å². The minimum absolute atomic E-state index is 0.126. The first-order valence-electron chi connectivity index (χ1n) is 2.26. The van der Waals surface area contributed by atoms with Crippen molar-refractivity contribution < 1.29 is 4.39 Å². The second kappa shape index (κ2) is 2.19. The van der Waals surface area contributed by atoms with Crippen LogP contribution in [-0.2, 0) is 0 Å². The Bertz CT molecular complexity index is 226. The molecule has 0 aliphatic heterocycles. The minimum atomic E-state index is -0.581. The number of rotatable bonds is 0. The van der Waals surface area contributed by atoms with Gasteiger partial charge in [0.15, 0.2) is 11.6 Å². The summed E-state index contributed by atoms with van der Waals surface area (Å²) in [6.45, 7) is 0. The SMILES string of the molecule is Nc1ncc(Cl)cc1F. The number of halogens is 2. The van der Waals surface area contributed by atoms with Gasteiger partial charge in [-0.25, -0.2) is 9.37 Å². The summed E-state index contributed by atoms with van der Waals surface area (Å²) in [7, 11) is 0. The number of pyridine rings is 1. The highest BCUT2D eigenvalue weighted by molar-refractivity contribution is 6.30. The Labute approximate surface area is 56.5 Å².